The molecule has 1 fully saturated rings. The van der Waals surface area contributed by atoms with E-state index in [4.69, 9.17) is 0 Å². The van der Waals surface area contributed by atoms with Gasteiger partial charge in [0, 0.05) is 18.5 Å². The van der Waals surface area contributed by atoms with E-state index in [1.165, 1.54) is 12.7 Å². The molecule has 0 bridgehead atoms. The molecule has 0 saturated carbocycles. The molecule has 1 unspecified atom stereocenters. The Morgan fingerprint density at radius 3 is 3.15 bits per heavy atom. The molecular weight excluding hydrogens is 166 g/mol. The van der Waals surface area contributed by atoms with E-state index in [0.717, 1.165) is 25.2 Å². The van der Waals surface area contributed by atoms with Gasteiger partial charge in [-0.3, -0.25) is 4.79 Å². The maximum atomic E-state index is 11.0. The van der Waals surface area contributed by atoms with E-state index >= 15 is 0 Å². The van der Waals surface area contributed by atoms with Gasteiger partial charge in [-0.2, -0.15) is 0 Å². The molecule has 1 saturated heterocycles. The molecule has 2 N–H and O–H groups in total. The quantitative estimate of drug-likeness (QED) is 0.649. The van der Waals surface area contributed by atoms with Gasteiger partial charge in [-0.25, -0.2) is 4.98 Å². The van der Waals surface area contributed by atoms with Gasteiger partial charge < -0.3 is 10.3 Å². The molecule has 1 atom stereocenters. The number of aromatic nitrogens is 2. The second-order valence-electron chi connectivity index (χ2n) is 3.38. The molecule has 0 amide bonds. The second kappa shape index (κ2) is 3.70. The van der Waals surface area contributed by atoms with E-state index in [0.29, 0.717) is 5.92 Å². The number of hydrogen-bond donors (Lipinski definition) is 2. The normalized spacial score (nSPS) is 22.9. The lowest BCUT2D eigenvalue weighted by atomic mass is 9.96. The maximum absolute atomic E-state index is 11.0. The predicted octanol–water partition coefficient (Wildman–Crippen LogP) is 0.237. The van der Waals surface area contributed by atoms with Crippen LogP contribution in [0.2, 0.25) is 0 Å². The van der Waals surface area contributed by atoms with E-state index in [2.05, 4.69) is 15.3 Å². The minimum atomic E-state index is -0.0597. The Morgan fingerprint density at radius 2 is 2.46 bits per heavy atom. The number of H-pyrrole nitrogens is 1. The van der Waals surface area contributed by atoms with Gasteiger partial charge in [0.05, 0.1) is 12.0 Å². The van der Waals surface area contributed by atoms with Crippen molar-refractivity contribution >= 4 is 0 Å². The summed E-state index contributed by atoms with van der Waals surface area (Å²) >= 11 is 0. The van der Waals surface area contributed by atoms with Gasteiger partial charge in [-0.15, -0.1) is 0 Å². The highest BCUT2D eigenvalue weighted by atomic mass is 16.1. The number of nitrogens with one attached hydrogen (secondary N) is 2. The zero-order chi connectivity index (χ0) is 9.10. The summed E-state index contributed by atoms with van der Waals surface area (Å²) in [5.74, 6) is 0.413. The lowest BCUT2D eigenvalue weighted by Crippen LogP contribution is -2.29. The smallest absolute Gasteiger partial charge is 0.250 e. The van der Waals surface area contributed by atoms with Gasteiger partial charge in [-0.05, 0) is 19.4 Å². The Bertz CT molecular complexity index is 328. The molecule has 0 radical (unpaired) electrons. The third kappa shape index (κ3) is 1.95. The van der Waals surface area contributed by atoms with Crippen molar-refractivity contribution in [3.63, 3.8) is 0 Å². The summed E-state index contributed by atoms with van der Waals surface area (Å²) in [7, 11) is 0. The second-order valence-corrected chi connectivity index (χ2v) is 3.38. The van der Waals surface area contributed by atoms with Crippen LogP contribution in [0.1, 0.15) is 24.5 Å². The minimum Gasteiger partial charge on any atom is -0.316 e. The van der Waals surface area contributed by atoms with Crippen LogP contribution in [-0.2, 0) is 0 Å². The van der Waals surface area contributed by atoms with Gasteiger partial charge in [0.1, 0.15) is 0 Å². The van der Waals surface area contributed by atoms with E-state index in [-0.39, 0.29) is 5.56 Å². The van der Waals surface area contributed by atoms with Crippen LogP contribution in [0.15, 0.2) is 17.2 Å². The average Bonchev–Trinajstić information content (AvgIpc) is 2.19. The Hall–Kier alpha value is -1.16. The Balaban J connectivity index is 2.19. The molecule has 2 heterocycles. The monoisotopic (exact) mass is 179 g/mol. The van der Waals surface area contributed by atoms with E-state index in [1.54, 1.807) is 6.07 Å². The molecule has 4 nitrogen and oxygen atoms in total. The molecular formula is C9H13N3O. The highest BCUT2D eigenvalue weighted by Gasteiger charge is 2.16. The van der Waals surface area contributed by atoms with Crippen molar-refractivity contribution in [1.29, 1.82) is 0 Å². The van der Waals surface area contributed by atoms with E-state index < -0.39 is 0 Å². The van der Waals surface area contributed by atoms with Gasteiger partial charge in [0.25, 0.3) is 5.56 Å². The first-order valence-corrected chi connectivity index (χ1v) is 4.61. The molecule has 0 aromatic carbocycles. The van der Waals surface area contributed by atoms with Crippen molar-refractivity contribution in [3.05, 3.63) is 28.4 Å². The summed E-state index contributed by atoms with van der Waals surface area (Å²) in [6, 6.07) is 1.59. The Kier molecular flexibility index (Phi) is 2.40. The Morgan fingerprint density at radius 1 is 1.54 bits per heavy atom. The summed E-state index contributed by atoms with van der Waals surface area (Å²) in [4.78, 5) is 17.7. The minimum absolute atomic E-state index is 0.0597. The first kappa shape index (κ1) is 8.44. The number of hydrogen-bond acceptors (Lipinski definition) is 3. The lowest BCUT2D eigenvalue weighted by Gasteiger charge is -2.21. The van der Waals surface area contributed by atoms with Crippen LogP contribution in [0.4, 0.5) is 0 Å². The van der Waals surface area contributed by atoms with Crippen LogP contribution in [0.25, 0.3) is 0 Å². The fourth-order valence-electron chi connectivity index (χ4n) is 1.71. The average molecular weight is 179 g/mol. The standard InChI is InChI=1S/C9H13N3O/c13-9-4-8(11-6-12-9)7-2-1-3-10-5-7/h4,6-7,10H,1-3,5H2,(H,11,12,13). The molecule has 0 aliphatic carbocycles. The van der Waals surface area contributed by atoms with Gasteiger partial charge >= 0.3 is 0 Å². The van der Waals surface area contributed by atoms with Crippen LogP contribution < -0.4 is 10.9 Å². The van der Waals surface area contributed by atoms with Crippen LogP contribution >= 0.6 is 0 Å². The fourth-order valence-corrected chi connectivity index (χ4v) is 1.71. The predicted molar refractivity (Wildman–Crippen MR) is 49.7 cm³/mol. The molecule has 1 aliphatic rings. The van der Waals surface area contributed by atoms with Gasteiger partial charge in [0.15, 0.2) is 0 Å². The molecule has 1 aromatic rings. The van der Waals surface area contributed by atoms with Crippen LogP contribution in [-0.4, -0.2) is 23.1 Å². The van der Waals surface area contributed by atoms with Crippen LogP contribution in [0.3, 0.4) is 0 Å². The van der Waals surface area contributed by atoms with Crippen LogP contribution in [0.5, 0.6) is 0 Å². The zero-order valence-corrected chi connectivity index (χ0v) is 7.42. The van der Waals surface area contributed by atoms with Crippen molar-refractivity contribution in [1.82, 2.24) is 15.3 Å². The number of rotatable bonds is 1. The van der Waals surface area contributed by atoms with Crippen molar-refractivity contribution in [3.8, 4) is 0 Å². The summed E-state index contributed by atoms with van der Waals surface area (Å²) < 4.78 is 0. The van der Waals surface area contributed by atoms with Crippen LogP contribution in [0, 0.1) is 0 Å². The summed E-state index contributed by atoms with van der Waals surface area (Å²) in [5.41, 5.74) is 0.853. The first-order chi connectivity index (χ1) is 6.36. The summed E-state index contributed by atoms with van der Waals surface area (Å²) in [5, 5.41) is 3.30. The highest BCUT2D eigenvalue weighted by molar-refractivity contribution is 5.07. The molecule has 0 spiro atoms. The molecule has 2 rings (SSSR count). The SMILES string of the molecule is O=c1cc(C2CCCNC2)nc[nH]1. The lowest BCUT2D eigenvalue weighted by molar-refractivity contribution is 0.454. The third-order valence-electron chi connectivity index (χ3n) is 2.41. The molecule has 4 heteroatoms. The maximum Gasteiger partial charge on any atom is 0.250 e. The first-order valence-electron chi connectivity index (χ1n) is 4.61. The fraction of sp³-hybridized carbons (Fsp3) is 0.556. The number of nitrogens with zero attached hydrogens (tertiary/aromatic N) is 1. The summed E-state index contributed by atoms with van der Waals surface area (Å²) in [6.07, 6.45) is 3.77. The zero-order valence-electron chi connectivity index (χ0n) is 7.42. The molecule has 13 heavy (non-hydrogen) atoms. The van der Waals surface area contributed by atoms with Crippen molar-refractivity contribution in [2.45, 2.75) is 18.8 Å². The third-order valence-corrected chi connectivity index (χ3v) is 2.41. The van der Waals surface area contributed by atoms with Gasteiger partial charge in [-0.1, -0.05) is 0 Å². The highest BCUT2D eigenvalue weighted by Crippen LogP contribution is 2.19. The summed E-state index contributed by atoms with van der Waals surface area (Å²) in [6.45, 7) is 2.02. The number of piperidine rings is 1. The molecule has 1 aliphatic heterocycles. The molecule has 70 valence electrons. The Labute approximate surface area is 76.4 Å². The van der Waals surface area contributed by atoms with E-state index in [9.17, 15) is 4.79 Å². The van der Waals surface area contributed by atoms with E-state index in [1.807, 2.05) is 0 Å². The molecule has 1 aromatic heterocycles. The van der Waals surface area contributed by atoms with Crippen molar-refractivity contribution in [2.24, 2.45) is 0 Å². The van der Waals surface area contributed by atoms with Crippen molar-refractivity contribution in [2.75, 3.05) is 13.1 Å². The topological polar surface area (TPSA) is 57.8 Å². The number of aromatic amines is 1. The largest absolute Gasteiger partial charge is 0.316 e. The van der Waals surface area contributed by atoms with Gasteiger partial charge in [0.2, 0.25) is 0 Å². The van der Waals surface area contributed by atoms with Crippen molar-refractivity contribution < 1.29 is 0 Å².